The minimum atomic E-state index is -4.66. The van der Waals surface area contributed by atoms with Crippen LogP contribution in [0.3, 0.4) is 0 Å². The number of benzene rings is 1. The maximum atomic E-state index is 13.2. The number of halogens is 3. The number of aliphatic hydroxyl groups is 1. The normalized spacial score (nSPS) is 20.6. The lowest BCUT2D eigenvalue weighted by Crippen LogP contribution is -2.47. The molecule has 1 amide bonds. The molecule has 45 heavy (non-hydrogen) atoms. The fourth-order valence-corrected chi connectivity index (χ4v) is 7.19. The van der Waals surface area contributed by atoms with E-state index in [-0.39, 0.29) is 11.7 Å². The van der Waals surface area contributed by atoms with Crippen LogP contribution in [-0.2, 0) is 11.8 Å². The number of pyridine rings is 1. The average molecular weight is 628 g/mol. The molecule has 0 aliphatic carbocycles. The molecule has 9 nitrogen and oxygen atoms in total. The van der Waals surface area contributed by atoms with Crippen LogP contribution in [0.5, 0.6) is 0 Å². The van der Waals surface area contributed by atoms with Gasteiger partial charge in [-0.3, -0.25) is 9.48 Å². The third-order valence-electron chi connectivity index (χ3n) is 10.1. The number of alkyl halides is 3. The Morgan fingerprint density at radius 2 is 1.69 bits per heavy atom. The van der Waals surface area contributed by atoms with Crippen LogP contribution in [0.4, 0.5) is 18.9 Å². The molecule has 5 heterocycles. The quantitative estimate of drug-likeness (QED) is 0.338. The Labute approximate surface area is 262 Å². The van der Waals surface area contributed by atoms with Gasteiger partial charge in [0.1, 0.15) is 11.4 Å². The summed E-state index contributed by atoms with van der Waals surface area (Å²) in [5, 5.41) is 22.7. The van der Waals surface area contributed by atoms with E-state index in [4.69, 9.17) is 5.10 Å². The number of hydrogen-bond donors (Lipinski definition) is 3. The van der Waals surface area contributed by atoms with Crippen LogP contribution in [0.2, 0.25) is 0 Å². The van der Waals surface area contributed by atoms with Crippen molar-refractivity contribution in [3.8, 4) is 0 Å². The lowest BCUT2D eigenvalue weighted by atomic mass is 9.71. The van der Waals surface area contributed by atoms with Gasteiger partial charge in [0.05, 0.1) is 17.2 Å². The van der Waals surface area contributed by atoms with Crippen molar-refractivity contribution in [3.05, 3.63) is 53.5 Å². The van der Waals surface area contributed by atoms with Crippen LogP contribution in [0.1, 0.15) is 80.2 Å². The Balaban J connectivity index is 1.08. The predicted molar refractivity (Wildman–Crippen MR) is 167 cm³/mol. The fourth-order valence-electron chi connectivity index (χ4n) is 7.19. The van der Waals surface area contributed by atoms with Crippen LogP contribution >= 0.6 is 0 Å². The van der Waals surface area contributed by atoms with Crippen molar-refractivity contribution in [2.75, 3.05) is 57.7 Å². The molecular weight excluding hydrogens is 583 g/mol. The number of fused-ring (bicyclic) bond motifs is 1. The Kier molecular flexibility index (Phi) is 8.95. The van der Waals surface area contributed by atoms with E-state index in [9.17, 15) is 23.1 Å². The SMILES string of the molecule is CC(C)(O)c1cc2nn(C3CCN(CCN4CCC5(CCNCC5)CC4)CC3)cc2cc1NC(=O)c1cccc(C(F)(F)F)n1. The average Bonchev–Trinajstić information content (AvgIpc) is 3.43. The smallest absolute Gasteiger partial charge is 0.386 e. The van der Waals surface area contributed by atoms with Gasteiger partial charge in [0.2, 0.25) is 0 Å². The van der Waals surface area contributed by atoms with E-state index < -0.39 is 23.4 Å². The first-order valence-corrected chi connectivity index (χ1v) is 16.2. The first kappa shape index (κ1) is 31.9. The van der Waals surface area contributed by atoms with Crippen molar-refractivity contribution in [1.82, 2.24) is 29.9 Å². The maximum absolute atomic E-state index is 13.2. The van der Waals surface area contributed by atoms with E-state index in [1.54, 1.807) is 26.0 Å². The highest BCUT2D eigenvalue weighted by Gasteiger charge is 2.36. The number of hydrogen-bond acceptors (Lipinski definition) is 7. The molecule has 3 fully saturated rings. The van der Waals surface area contributed by atoms with E-state index in [2.05, 4.69) is 25.4 Å². The molecule has 0 unspecified atom stereocenters. The summed E-state index contributed by atoms with van der Waals surface area (Å²) in [6, 6.07) is 6.90. The predicted octanol–water partition coefficient (Wildman–Crippen LogP) is 5.03. The molecule has 3 N–H and O–H groups in total. The summed E-state index contributed by atoms with van der Waals surface area (Å²) in [6.45, 7) is 12.2. The molecule has 12 heteroatoms. The van der Waals surface area contributed by atoms with Gasteiger partial charge in [-0.25, -0.2) is 4.98 Å². The number of nitrogens with zero attached hydrogens (tertiary/aromatic N) is 5. The van der Waals surface area contributed by atoms with Gasteiger partial charge in [-0.05, 0) is 108 Å². The summed E-state index contributed by atoms with van der Waals surface area (Å²) in [4.78, 5) is 21.7. The highest BCUT2D eigenvalue weighted by Crippen LogP contribution is 2.39. The van der Waals surface area contributed by atoms with Crippen LogP contribution in [-0.4, -0.2) is 87.9 Å². The Hall–Kier alpha value is -3.06. The first-order valence-electron chi connectivity index (χ1n) is 16.2. The summed E-state index contributed by atoms with van der Waals surface area (Å²) < 4.78 is 41.5. The molecule has 0 bridgehead atoms. The number of amides is 1. The molecule has 0 atom stereocenters. The van der Waals surface area contributed by atoms with Crippen LogP contribution in [0.25, 0.3) is 10.9 Å². The van der Waals surface area contributed by atoms with Crippen molar-refractivity contribution in [2.24, 2.45) is 5.41 Å². The lowest BCUT2D eigenvalue weighted by molar-refractivity contribution is -0.141. The van der Waals surface area contributed by atoms with Gasteiger partial charge in [-0.1, -0.05) is 6.07 Å². The molecule has 0 radical (unpaired) electrons. The number of likely N-dealkylation sites (tertiary alicyclic amines) is 2. The van der Waals surface area contributed by atoms with E-state index in [1.807, 2.05) is 10.9 Å². The highest BCUT2D eigenvalue weighted by molar-refractivity contribution is 6.04. The highest BCUT2D eigenvalue weighted by atomic mass is 19.4. The zero-order chi connectivity index (χ0) is 31.8. The molecular formula is C33H44F3N7O2. The second-order valence-corrected chi connectivity index (χ2v) is 13.6. The van der Waals surface area contributed by atoms with Crippen LogP contribution < -0.4 is 10.6 Å². The number of aromatic nitrogens is 3. The minimum absolute atomic E-state index is 0.237. The summed E-state index contributed by atoms with van der Waals surface area (Å²) in [7, 11) is 0. The van der Waals surface area contributed by atoms with Gasteiger partial charge in [-0.2, -0.15) is 18.3 Å². The van der Waals surface area contributed by atoms with Gasteiger partial charge < -0.3 is 25.5 Å². The third-order valence-corrected chi connectivity index (χ3v) is 10.1. The molecule has 3 saturated heterocycles. The van der Waals surface area contributed by atoms with Crippen molar-refractivity contribution in [1.29, 1.82) is 0 Å². The van der Waals surface area contributed by atoms with Crippen molar-refractivity contribution >= 4 is 22.5 Å². The number of nitrogens with one attached hydrogen (secondary N) is 2. The standard InChI is InChI=1S/C33H44F3N7O2/c1-31(2,45)25-21-27-23(20-28(25)39-30(44)26-4-3-5-29(38-26)33(34,35)36)22-43(40-27)24-6-14-41(15-7-24)18-19-42-16-10-32(11-17-42)8-12-37-13-9-32/h3-5,20-22,24,37,45H,6-19H2,1-2H3,(H,39,44). The van der Waals surface area contributed by atoms with Gasteiger partial charge in [0, 0.05) is 49.0 Å². The zero-order valence-electron chi connectivity index (χ0n) is 26.2. The molecule has 6 rings (SSSR count). The summed E-state index contributed by atoms with van der Waals surface area (Å²) in [5.41, 5.74) is -0.862. The molecule has 3 aromatic rings. The van der Waals surface area contributed by atoms with Gasteiger partial charge in [-0.15, -0.1) is 0 Å². The Bertz CT molecular complexity index is 1490. The molecule has 1 spiro atoms. The fraction of sp³-hybridized carbons (Fsp3) is 0.606. The first-order chi connectivity index (χ1) is 21.4. The minimum Gasteiger partial charge on any atom is -0.386 e. The topological polar surface area (TPSA) is 98.5 Å². The summed E-state index contributed by atoms with van der Waals surface area (Å²) >= 11 is 0. The van der Waals surface area contributed by atoms with Gasteiger partial charge in [0.25, 0.3) is 5.91 Å². The van der Waals surface area contributed by atoms with Crippen molar-refractivity contribution in [2.45, 2.75) is 70.2 Å². The summed E-state index contributed by atoms with van der Waals surface area (Å²) in [5.74, 6) is -0.791. The van der Waals surface area contributed by atoms with Gasteiger partial charge >= 0.3 is 6.18 Å². The second-order valence-electron chi connectivity index (χ2n) is 13.6. The third kappa shape index (κ3) is 7.34. The van der Waals surface area contributed by atoms with Crippen molar-refractivity contribution < 1.29 is 23.1 Å². The van der Waals surface area contributed by atoms with Gasteiger partial charge in [0.15, 0.2) is 0 Å². The number of rotatable bonds is 7. The molecule has 1 aromatic carbocycles. The molecule has 2 aromatic heterocycles. The molecule has 3 aliphatic heterocycles. The van der Waals surface area contributed by atoms with E-state index >= 15 is 0 Å². The Morgan fingerprint density at radius 3 is 2.33 bits per heavy atom. The van der Waals surface area contributed by atoms with E-state index in [0.717, 1.165) is 56.5 Å². The number of anilines is 1. The number of carbonyl (C=O) groups is 1. The second kappa shape index (κ2) is 12.6. The molecule has 3 aliphatic rings. The Morgan fingerprint density at radius 1 is 1.02 bits per heavy atom. The molecule has 0 saturated carbocycles. The van der Waals surface area contributed by atoms with E-state index in [1.165, 1.54) is 57.9 Å². The van der Waals surface area contributed by atoms with E-state index in [0.29, 0.717) is 22.2 Å². The van der Waals surface area contributed by atoms with Crippen molar-refractivity contribution in [3.63, 3.8) is 0 Å². The number of piperidine rings is 3. The maximum Gasteiger partial charge on any atom is 0.433 e. The largest absolute Gasteiger partial charge is 0.433 e. The number of carbonyl (C=O) groups excluding carboxylic acids is 1. The molecule has 244 valence electrons. The monoisotopic (exact) mass is 627 g/mol. The lowest BCUT2D eigenvalue weighted by Gasteiger charge is -2.45. The summed E-state index contributed by atoms with van der Waals surface area (Å²) in [6.07, 6.45) is 4.54. The van der Waals surface area contributed by atoms with Crippen LogP contribution in [0.15, 0.2) is 36.5 Å². The zero-order valence-corrected chi connectivity index (χ0v) is 26.2. The van der Waals surface area contributed by atoms with Crippen LogP contribution in [0, 0.1) is 5.41 Å².